The van der Waals surface area contributed by atoms with E-state index in [1.807, 2.05) is 13.1 Å². The van der Waals surface area contributed by atoms with E-state index in [1.165, 1.54) is 15.8 Å². The van der Waals surface area contributed by atoms with E-state index in [1.54, 1.807) is 0 Å². The van der Waals surface area contributed by atoms with Crippen LogP contribution < -0.4 is 0 Å². The number of amides is 1. The predicted octanol–water partition coefficient (Wildman–Crippen LogP) is 3.37. The fourth-order valence-electron chi connectivity index (χ4n) is 2.89. The second-order valence-corrected chi connectivity index (χ2v) is 5.87. The second kappa shape index (κ2) is 4.56. The van der Waals surface area contributed by atoms with Gasteiger partial charge >= 0.3 is 6.09 Å². The smallest absolute Gasteiger partial charge is 0.407 e. The van der Waals surface area contributed by atoms with Gasteiger partial charge < -0.3 is 14.6 Å². The minimum Gasteiger partial charge on any atom is -0.465 e. The Balaban J connectivity index is 2.18. The summed E-state index contributed by atoms with van der Waals surface area (Å²) in [5.74, 6) is 0. The Bertz CT molecular complexity index is 663. The molecular weight excluding hydrogens is 308 g/mol. The molecule has 19 heavy (non-hydrogen) atoms. The van der Waals surface area contributed by atoms with E-state index in [4.69, 9.17) is 0 Å². The summed E-state index contributed by atoms with van der Waals surface area (Å²) >= 11 is 3.49. The zero-order valence-corrected chi connectivity index (χ0v) is 12.3. The second-order valence-electron chi connectivity index (χ2n) is 4.95. The zero-order chi connectivity index (χ0) is 13.6. The van der Waals surface area contributed by atoms with Crippen molar-refractivity contribution in [3.05, 3.63) is 33.9 Å². The van der Waals surface area contributed by atoms with Gasteiger partial charge in [-0.15, -0.1) is 0 Å². The number of aryl methyl sites for hydroxylation is 2. The van der Waals surface area contributed by atoms with Crippen LogP contribution in [0.25, 0.3) is 10.9 Å². The summed E-state index contributed by atoms with van der Waals surface area (Å²) < 4.78 is 3.17. The maximum absolute atomic E-state index is 11.2. The summed E-state index contributed by atoms with van der Waals surface area (Å²) in [6, 6.07) is 6.26. The highest BCUT2D eigenvalue weighted by atomic mass is 79.9. The van der Waals surface area contributed by atoms with Gasteiger partial charge in [-0.3, -0.25) is 0 Å². The number of nitrogens with zero attached hydrogens (tertiary/aromatic N) is 2. The number of carbonyl (C=O) groups is 1. The highest BCUT2D eigenvalue weighted by molar-refractivity contribution is 9.10. The molecule has 0 fully saturated rings. The molecule has 0 spiro atoms. The normalized spacial score (nSPS) is 15.4. The molecule has 0 bridgehead atoms. The summed E-state index contributed by atoms with van der Waals surface area (Å²) in [5.41, 5.74) is 3.58. The van der Waals surface area contributed by atoms with Crippen molar-refractivity contribution in [2.45, 2.75) is 19.4 Å². The molecule has 0 radical (unpaired) electrons. The Morgan fingerprint density at radius 1 is 1.42 bits per heavy atom. The predicted molar refractivity (Wildman–Crippen MR) is 77.4 cm³/mol. The highest BCUT2D eigenvalue weighted by Crippen LogP contribution is 2.31. The Labute approximate surface area is 119 Å². The highest BCUT2D eigenvalue weighted by Gasteiger charge is 2.23. The van der Waals surface area contributed by atoms with Gasteiger partial charge in [-0.2, -0.15) is 0 Å². The summed E-state index contributed by atoms with van der Waals surface area (Å²) in [4.78, 5) is 12.7. The molecular formula is C14H15BrN2O2. The fourth-order valence-corrected chi connectivity index (χ4v) is 3.24. The van der Waals surface area contributed by atoms with Crippen LogP contribution in [0, 0.1) is 0 Å². The van der Waals surface area contributed by atoms with Crippen LogP contribution in [0.5, 0.6) is 0 Å². The Morgan fingerprint density at radius 2 is 2.21 bits per heavy atom. The van der Waals surface area contributed by atoms with Gasteiger partial charge in [0.15, 0.2) is 0 Å². The number of halogens is 1. The summed E-state index contributed by atoms with van der Waals surface area (Å²) in [5, 5.41) is 10.5. The minimum atomic E-state index is -0.834. The molecule has 1 aromatic carbocycles. The van der Waals surface area contributed by atoms with Crippen molar-refractivity contribution in [1.29, 1.82) is 0 Å². The topological polar surface area (TPSA) is 45.5 Å². The van der Waals surface area contributed by atoms with Crippen LogP contribution in [0.3, 0.4) is 0 Å². The first-order chi connectivity index (χ1) is 9.08. The lowest BCUT2D eigenvalue weighted by Crippen LogP contribution is -2.29. The largest absolute Gasteiger partial charge is 0.465 e. The van der Waals surface area contributed by atoms with E-state index in [0.717, 1.165) is 28.5 Å². The maximum Gasteiger partial charge on any atom is 0.407 e. The molecule has 1 amide bonds. The lowest BCUT2D eigenvalue weighted by atomic mass is 10.1. The maximum atomic E-state index is 11.2. The van der Waals surface area contributed by atoms with Crippen molar-refractivity contribution < 1.29 is 9.90 Å². The molecule has 2 heterocycles. The quantitative estimate of drug-likeness (QED) is 0.808. The molecule has 1 aliphatic heterocycles. The van der Waals surface area contributed by atoms with Gasteiger partial charge in [0, 0.05) is 34.7 Å². The Morgan fingerprint density at radius 3 is 2.95 bits per heavy atom. The lowest BCUT2D eigenvalue weighted by Gasteiger charge is -2.17. The number of carboxylic acid groups (broad SMARTS) is 1. The standard InChI is InChI=1S/C14H15BrN2O2/c1-16-12-7-9(15)4-5-11(12)10-3-2-6-17(14(18)19)8-13(10)16/h4-5,7H,2-3,6,8H2,1H3,(H,18,19). The monoisotopic (exact) mass is 322 g/mol. The number of rotatable bonds is 0. The number of aromatic nitrogens is 1. The number of benzene rings is 1. The third-order valence-electron chi connectivity index (χ3n) is 3.87. The zero-order valence-electron chi connectivity index (χ0n) is 10.7. The van der Waals surface area contributed by atoms with Crippen molar-refractivity contribution in [3.8, 4) is 0 Å². The molecule has 0 unspecified atom stereocenters. The Hall–Kier alpha value is -1.49. The molecule has 1 aliphatic rings. The first-order valence-corrected chi connectivity index (χ1v) is 7.11. The number of hydrogen-bond donors (Lipinski definition) is 1. The molecule has 1 aromatic heterocycles. The molecule has 0 aliphatic carbocycles. The molecule has 1 N–H and O–H groups in total. The first kappa shape index (κ1) is 12.5. The van der Waals surface area contributed by atoms with Gasteiger partial charge in [-0.25, -0.2) is 4.79 Å². The van der Waals surface area contributed by atoms with Crippen LogP contribution in [-0.2, 0) is 20.0 Å². The SMILES string of the molecule is Cn1c2c(c3ccc(Br)cc31)CCCN(C(=O)O)C2. The van der Waals surface area contributed by atoms with E-state index in [9.17, 15) is 9.90 Å². The van der Waals surface area contributed by atoms with Crippen molar-refractivity contribution >= 4 is 32.9 Å². The third-order valence-corrected chi connectivity index (χ3v) is 4.36. The third kappa shape index (κ3) is 2.02. The molecule has 3 rings (SSSR count). The van der Waals surface area contributed by atoms with Gasteiger partial charge in [0.05, 0.1) is 6.54 Å². The molecule has 4 nitrogen and oxygen atoms in total. The van der Waals surface area contributed by atoms with Crippen molar-refractivity contribution in [3.63, 3.8) is 0 Å². The van der Waals surface area contributed by atoms with Crippen molar-refractivity contribution in [2.75, 3.05) is 6.54 Å². The summed E-state index contributed by atoms with van der Waals surface area (Å²) in [6.07, 6.45) is 0.992. The van der Waals surface area contributed by atoms with Gasteiger partial charge in [-0.05, 0) is 30.5 Å². The van der Waals surface area contributed by atoms with Gasteiger partial charge in [0.1, 0.15) is 0 Å². The van der Waals surface area contributed by atoms with Gasteiger partial charge in [-0.1, -0.05) is 22.0 Å². The number of fused-ring (bicyclic) bond motifs is 3. The van der Waals surface area contributed by atoms with Crippen LogP contribution in [0.1, 0.15) is 17.7 Å². The number of hydrogen-bond acceptors (Lipinski definition) is 1. The van der Waals surface area contributed by atoms with E-state index >= 15 is 0 Å². The molecule has 2 aromatic rings. The van der Waals surface area contributed by atoms with Crippen LogP contribution in [0.2, 0.25) is 0 Å². The molecule has 0 saturated heterocycles. The molecule has 100 valence electrons. The fraction of sp³-hybridized carbons (Fsp3) is 0.357. The van der Waals surface area contributed by atoms with E-state index in [2.05, 4.69) is 32.6 Å². The van der Waals surface area contributed by atoms with E-state index in [-0.39, 0.29) is 0 Å². The minimum absolute atomic E-state index is 0.480. The van der Waals surface area contributed by atoms with Crippen LogP contribution in [-0.4, -0.2) is 27.2 Å². The first-order valence-electron chi connectivity index (χ1n) is 6.31. The van der Waals surface area contributed by atoms with Crippen molar-refractivity contribution in [1.82, 2.24) is 9.47 Å². The molecule has 5 heteroatoms. The van der Waals surface area contributed by atoms with Gasteiger partial charge in [0.2, 0.25) is 0 Å². The van der Waals surface area contributed by atoms with Crippen molar-refractivity contribution in [2.24, 2.45) is 7.05 Å². The van der Waals surface area contributed by atoms with Crippen LogP contribution >= 0.6 is 15.9 Å². The van der Waals surface area contributed by atoms with E-state index in [0.29, 0.717) is 13.1 Å². The Kier molecular flexibility index (Phi) is 3.01. The molecule has 0 atom stereocenters. The van der Waals surface area contributed by atoms with Crippen LogP contribution in [0.4, 0.5) is 4.79 Å². The average Bonchev–Trinajstić information content (AvgIpc) is 2.56. The summed E-state index contributed by atoms with van der Waals surface area (Å²) in [7, 11) is 2.01. The molecule has 0 saturated carbocycles. The van der Waals surface area contributed by atoms with Gasteiger partial charge in [0.25, 0.3) is 0 Å². The van der Waals surface area contributed by atoms with Crippen LogP contribution in [0.15, 0.2) is 22.7 Å². The lowest BCUT2D eigenvalue weighted by molar-refractivity contribution is 0.142. The van der Waals surface area contributed by atoms with E-state index < -0.39 is 6.09 Å². The average molecular weight is 323 g/mol. The summed E-state index contributed by atoms with van der Waals surface area (Å²) in [6.45, 7) is 1.09.